The number of morpholine rings is 1. The van der Waals surface area contributed by atoms with Gasteiger partial charge in [0.15, 0.2) is 29.4 Å². The van der Waals surface area contributed by atoms with Crippen molar-refractivity contribution in [2.45, 2.75) is 25.6 Å². The first-order chi connectivity index (χ1) is 19.3. The highest BCUT2D eigenvalue weighted by molar-refractivity contribution is 6.10. The van der Waals surface area contributed by atoms with Crippen LogP contribution in [0.1, 0.15) is 19.3 Å². The van der Waals surface area contributed by atoms with Crippen LogP contribution < -0.4 is 19.5 Å². The van der Waals surface area contributed by atoms with Gasteiger partial charge in [0.25, 0.3) is 0 Å². The van der Waals surface area contributed by atoms with Crippen LogP contribution in [0.25, 0.3) is 10.9 Å². The Labute approximate surface area is 229 Å². The number of anilines is 1. The minimum absolute atomic E-state index is 0.0857. The number of pyridine rings is 1. The molecule has 40 heavy (non-hydrogen) atoms. The molecule has 1 unspecified atom stereocenters. The minimum atomic E-state index is -1.43. The normalized spacial score (nSPS) is 18.2. The molecule has 3 aromatic rings. The van der Waals surface area contributed by atoms with E-state index in [2.05, 4.69) is 15.2 Å². The molecule has 212 valence electrons. The van der Waals surface area contributed by atoms with Gasteiger partial charge in [0.05, 0.1) is 25.8 Å². The second-order valence-corrected chi connectivity index (χ2v) is 9.75. The number of nitrogens with zero attached hydrogens (tertiary/aromatic N) is 2. The van der Waals surface area contributed by atoms with Crippen molar-refractivity contribution in [3.05, 3.63) is 48.4 Å². The van der Waals surface area contributed by atoms with Crippen molar-refractivity contribution < 1.29 is 43.1 Å². The van der Waals surface area contributed by atoms with Crippen LogP contribution in [0.15, 0.2) is 42.6 Å². The predicted molar refractivity (Wildman–Crippen MR) is 141 cm³/mol. The van der Waals surface area contributed by atoms with Crippen LogP contribution in [-0.2, 0) is 14.3 Å². The maximum Gasteiger partial charge on any atom is 0.319 e. The molecule has 2 aliphatic rings. The van der Waals surface area contributed by atoms with Gasteiger partial charge in [-0.3, -0.25) is 19.5 Å². The maximum absolute atomic E-state index is 14.9. The Morgan fingerprint density at radius 3 is 2.70 bits per heavy atom. The second-order valence-electron chi connectivity index (χ2n) is 9.75. The van der Waals surface area contributed by atoms with Gasteiger partial charge in [-0.2, -0.15) is 0 Å². The lowest BCUT2D eigenvalue weighted by Crippen LogP contribution is -2.42. The van der Waals surface area contributed by atoms with E-state index in [1.54, 1.807) is 18.2 Å². The zero-order chi connectivity index (χ0) is 28.3. The number of nitrogens with one attached hydrogen (secondary N) is 1. The van der Waals surface area contributed by atoms with Crippen LogP contribution in [0.5, 0.6) is 23.0 Å². The second kappa shape index (κ2) is 11.6. The standard InChI is InChI=1S/C28H30FN3O8/c1-37-23-14-18-20(15-24(23)38-11-2-9-32-10-12-39-25(33)16-32)30-8-5-21(18)40-22-4-3-17(13-19(22)29)31-26(34)28(6-7-28)27(35)36/h3-5,8,13-15,25,33H,2,6-7,9-12,16H2,1H3,(H,31,34)(H,35,36). The quantitative estimate of drug-likeness (QED) is 0.238. The molecule has 11 nitrogen and oxygen atoms in total. The maximum atomic E-state index is 14.9. The molecule has 2 aromatic carbocycles. The number of β-amino-alcohol motifs (C(OH)–C–C–N with tert-alkyl or cyclic N) is 1. The van der Waals surface area contributed by atoms with Gasteiger partial charge < -0.3 is 34.5 Å². The van der Waals surface area contributed by atoms with Gasteiger partial charge >= 0.3 is 5.97 Å². The Kier molecular flexibility index (Phi) is 8.01. The first-order valence-electron chi connectivity index (χ1n) is 12.9. The number of carbonyl (C=O) groups excluding carboxylic acids is 1. The Morgan fingerprint density at radius 1 is 1.18 bits per heavy atom. The lowest BCUT2D eigenvalue weighted by molar-refractivity contribution is -0.147. The summed E-state index contributed by atoms with van der Waals surface area (Å²) < 4.78 is 37.4. The van der Waals surface area contributed by atoms with E-state index in [1.165, 1.54) is 25.4 Å². The number of benzene rings is 2. The highest BCUT2D eigenvalue weighted by atomic mass is 19.1. The largest absolute Gasteiger partial charge is 0.493 e. The number of halogens is 1. The van der Waals surface area contributed by atoms with Gasteiger partial charge in [-0.15, -0.1) is 0 Å². The van der Waals surface area contributed by atoms with Crippen molar-refractivity contribution in [2.75, 3.05) is 45.3 Å². The fourth-order valence-corrected chi connectivity index (χ4v) is 4.54. The number of aliphatic hydroxyl groups excluding tert-OH is 1. The Hall–Kier alpha value is -4.00. The first-order valence-corrected chi connectivity index (χ1v) is 12.9. The van der Waals surface area contributed by atoms with Gasteiger partial charge in [0, 0.05) is 49.0 Å². The number of amides is 1. The summed E-state index contributed by atoms with van der Waals surface area (Å²) in [4.78, 5) is 30.2. The number of carboxylic acids is 1. The predicted octanol–water partition coefficient (Wildman–Crippen LogP) is 3.40. The third-order valence-corrected chi connectivity index (χ3v) is 7.00. The molecule has 1 atom stereocenters. The third-order valence-electron chi connectivity index (χ3n) is 7.00. The molecule has 1 aliphatic carbocycles. The minimum Gasteiger partial charge on any atom is -0.493 e. The van der Waals surface area contributed by atoms with Crippen molar-refractivity contribution in [2.24, 2.45) is 5.41 Å². The van der Waals surface area contributed by atoms with E-state index in [0.29, 0.717) is 47.9 Å². The number of hydrogen-bond donors (Lipinski definition) is 3. The molecule has 2 fully saturated rings. The van der Waals surface area contributed by atoms with Gasteiger partial charge in [-0.05, 0) is 43.5 Å². The Bertz CT molecular complexity index is 1410. The number of fused-ring (bicyclic) bond motifs is 1. The van der Waals surface area contributed by atoms with E-state index >= 15 is 0 Å². The molecular formula is C28H30FN3O8. The molecule has 12 heteroatoms. The fourth-order valence-electron chi connectivity index (χ4n) is 4.54. The summed E-state index contributed by atoms with van der Waals surface area (Å²) in [6, 6.07) is 8.92. The smallest absolute Gasteiger partial charge is 0.319 e. The molecule has 2 heterocycles. The topological polar surface area (TPSA) is 140 Å². The van der Waals surface area contributed by atoms with Crippen LogP contribution in [0.3, 0.4) is 0 Å². The van der Waals surface area contributed by atoms with Crippen LogP contribution >= 0.6 is 0 Å². The number of hydrogen-bond acceptors (Lipinski definition) is 9. The lowest BCUT2D eigenvalue weighted by atomic mass is 10.1. The number of carbonyl (C=O) groups is 2. The van der Waals surface area contributed by atoms with E-state index in [-0.39, 0.29) is 24.3 Å². The summed E-state index contributed by atoms with van der Waals surface area (Å²) in [7, 11) is 1.52. The lowest BCUT2D eigenvalue weighted by Gasteiger charge is -2.29. The van der Waals surface area contributed by atoms with E-state index in [1.807, 2.05) is 0 Å². The van der Waals surface area contributed by atoms with Crippen LogP contribution in [0.2, 0.25) is 0 Å². The molecule has 0 spiro atoms. The number of aliphatic carboxylic acids is 1. The Morgan fingerprint density at radius 2 is 2.00 bits per heavy atom. The van der Waals surface area contributed by atoms with Crippen LogP contribution in [0.4, 0.5) is 10.1 Å². The molecule has 1 saturated heterocycles. The molecule has 1 aromatic heterocycles. The molecule has 1 amide bonds. The molecule has 0 radical (unpaired) electrons. The summed E-state index contributed by atoms with van der Waals surface area (Å²) >= 11 is 0. The molecule has 3 N–H and O–H groups in total. The van der Waals surface area contributed by atoms with Crippen molar-refractivity contribution in [3.63, 3.8) is 0 Å². The fraction of sp³-hybridized carbons (Fsp3) is 0.393. The van der Waals surface area contributed by atoms with Gasteiger partial charge in [-0.25, -0.2) is 4.39 Å². The molecule has 5 rings (SSSR count). The molecule has 1 aliphatic heterocycles. The number of methoxy groups -OCH3 is 1. The number of aromatic nitrogens is 1. The molecule has 0 bridgehead atoms. The van der Waals surface area contributed by atoms with Crippen LogP contribution in [-0.4, -0.2) is 78.2 Å². The van der Waals surface area contributed by atoms with Crippen molar-refractivity contribution >= 4 is 28.5 Å². The number of aliphatic hydroxyl groups is 1. The summed E-state index contributed by atoms with van der Waals surface area (Å²) in [5.74, 6) is -1.38. The first kappa shape index (κ1) is 27.6. The zero-order valence-corrected chi connectivity index (χ0v) is 21.9. The van der Waals surface area contributed by atoms with Crippen molar-refractivity contribution in [3.8, 4) is 23.0 Å². The van der Waals surface area contributed by atoms with Gasteiger partial charge in [0.1, 0.15) is 11.2 Å². The molecule has 1 saturated carbocycles. The third kappa shape index (κ3) is 5.93. The zero-order valence-electron chi connectivity index (χ0n) is 21.9. The van der Waals surface area contributed by atoms with E-state index in [9.17, 15) is 24.2 Å². The molecular weight excluding hydrogens is 525 g/mol. The van der Waals surface area contributed by atoms with Crippen LogP contribution in [0, 0.1) is 11.2 Å². The SMILES string of the molecule is COc1cc2c(Oc3ccc(NC(=O)C4(C(=O)O)CC4)cc3F)ccnc2cc1OCCCN1CCOC(O)C1. The average Bonchev–Trinajstić information content (AvgIpc) is 3.75. The van der Waals surface area contributed by atoms with Crippen molar-refractivity contribution in [1.82, 2.24) is 9.88 Å². The summed E-state index contributed by atoms with van der Waals surface area (Å²) in [5.41, 5.74) is -0.747. The summed E-state index contributed by atoms with van der Waals surface area (Å²) in [6.45, 7) is 2.89. The van der Waals surface area contributed by atoms with Gasteiger partial charge in [0.2, 0.25) is 5.91 Å². The van der Waals surface area contributed by atoms with Gasteiger partial charge in [-0.1, -0.05) is 0 Å². The summed E-state index contributed by atoms with van der Waals surface area (Å²) in [6.07, 6.45) is 2.01. The van der Waals surface area contributed by atoms with Crippen molar-refractivity contribution in [1.29, 1.82) is 0 Å². The van der Waals surface area contributed by atoms with E-state index in [4.69, 9.17) is 18.9 Å². The Balaban J connectivity index is 1.26. The highest BCUT2D eigenvalue weighted by Gasteiger charge is 2.57. The van der Waals surface area contributed by atoms with E-state index < -0.39 is 29.4 Å². The number of rotatable bonds is 11. The number of carboxylic acid groups (broad SMARTS) is 1. The summed E-state index contributed by atoms with van der Waals surface area (Å²) in [5, 5.41) is 21.9. The monoisotopic (exact) mass is 555 g/mol. The highest BCUT2D eigenvalue weighted by Crippen LogP contribution is 2.47. The number of ether oxygens (including phenoxy) is 4. The van der Waals surface area contributed by atoms with E-state index in [0.717, 1.165) is 25.6 Å². The average molecular weight is 556 g/mol.